The number of thiophene rings is 1. The van der Waals surface area contributed by atoms with Crippen LogP contribution in [-0.4, -0.2) is 11.9 Å². The molecule has 2 N–H and O–H groups in total. The van der Waals surface area contributed by atoms with E-state index in [1.807, 2.05) is 17.5 Å². The van der Waals surface area contributed by atoms with Gasteiger partial charge in [-0.1, -0.05) is 34.1 Å². The van der Waals surface area contributed by atoms with Gasteiger partial charge >= 0.3 is 0 Å². The van der Waals surface area contributed by atoms with Crippen LogP contribution in [0.25, 0.3) is 0 Å². The van der Waals surface area contributed by atoms with Gasteiger partial charge in [-0.25, -0.2) is 8.78 Å². The summed E-state index contributed by atoms with van der Waals surface area (Å²) in [7, 11) is 0. The summed E-state index contributed by atoms with van der Waals surface area (Å²) in [5.41, 5.74) is 0.958. The Hall–Kier alpha value is -2.09. The molecule has 0 bridgehead atoms. The van der Waals surface area contributed by atoms with Crippen molar-refractivity contribution in [3.8, 4) is 0 Å². The van der Waals surface area contributed by atoms with Gasteiger partial charge in [-0.3, -0.25) is 10.1 Å². The third-order valence-corrected chi connectivity index (χ3v) is 5.46. The van der Waals surface area contributed by atoms with E-state index < -0.39 is 11.9 Å². The number of carbonyl (C=O) groups is 1. The van der Waals surface area contributed by atoms with Crippen LogP contribution in [0.1, 0.15) is 23.4 Å². The molecule has 2 unspecified atom stereocenters. The Morgan fingerprint density at radius 3 is 2.48 bits per heavy atom. The third-order valence-electron chi connectivity index (χ3n) is 4.03. The molecule has 7 heteroatoms. The molecule has 3 nitrogen and oxygen atoms in total. The fraction of sp³-hybridized carbons (Fsp3) is 0.150. The van der Waals surface area contributed by atoms with Gasteiger partial charge in [0.05, 0.1) is 17.8 Å². The van der Waals surface area contributed by atoms with Gasteiger partial charge in [0.1, 0.15) is 11.6 Å². The molecule has 0 aliphatic heterocycles. The monoisotopic (exact) mass is 450 g/mol. The Labute approximate surface area is 168 Å². The minimum atomic E-state index is -0.606. The van der Waals surface area contributed by atoms with E-state index in [-0.39, 0.29) is 23.5 Å². The van der Waals surface area contributed by atoms with Crippen molar-refractivity contribution >= 4 is 38.9 Å². The first-order valence-electron chi connectivity index (χ1n) is 8.25. The first-order chi connectivity index (χ1) is 12.9. The van der Waals surface area contributed by atoms with Crippen LogP contribution < -0.4 is 10.6 Å². The Kier molecular flexibility index (Phi) is 6.36. The smallest absolute Gasteiger partial charge is 0.241 e. The van der Waals surface area contributed by atoms with E-state index in [9.17, 15) is 13.6 Å². The number of amides is 1. The van der Waals surface area contributed by atoms with Crippen LogP contribution in [0.15, 0.2) is 64.5 Å². The Morgan fingerprint density at radius 1 is 1.11 bits per heavy atom. The standard InChI is InChI=1S/C20H17BrF2N2OS/c1-12(20(26)25-17-9-6-14(21)11-16(17)23)24-19(18-3-2-10-27-18)13-4-7-15(22)8-5-13/h2-12,19,24H,1H3,(H,25,26). The molecule has 0 saturated heterocycles. The normalized spacial score (nSPS) is 13.2. The van der Waals surface area contributed by atoms with Crippen LogP contribution in [0.5, 0.6) is 0 Å². The largest absolute Gasteiger partial charge is 0.322 e. The van der Waals surface area contributed by atoms with Gasteiger partial charge in [0.15, 0.2) is 0 Å². The van der Waals surface area contributed by atoms with Gasteiger partial charge in [0, 0.05) is 9.35 Å². The van der Waals surface area contributed by atoms with Crippen LogP contribution in [0.2, 0.25) is 0 Å². The molecule has 2 atom stereocenters. The summed E-state index contributed by atoms with van der Waals surface area (Å²) >= 11 is 4.73. The van der Waals surface area contributed by atoms with Crippen molar-refractivity contribution in [2.45, 2.75) is 19.0 Å². The van der Waals surface area contributed by atoms with Gasteiger partial charge in [-0.15, -0.1) is 11.3 Å². The van der Waals surface area contributed by atoms with E-state index in [2.05, 4.69) is 26.6 Å². The SMILES string of the molecule is CC(NC(c1ccc(F)cc1)c1cccs1)C(=O)Nc1ccc(Br)cc1F. The first-order valence-corrected chi connectivity index (χ1v) is 9.92. The molecule has 1 heterocycles. The number of rotatable bonds is 6. The second kappa shape index (κ2) is 8.73. The lowest BCUT2D eigenvalue weighted by atomic mass is 10.0. The van der Waals surface area contributed by atoms with E-state index >= 15 is 0 Å². The second-order valence-corrected chi connectivity index (χ2v) is 7.90. The summed E-state index contributed by atoms with van der Waals surface area (Å²) in [6.07, 6.45) is 0. The lowest BCUT2D eigenvalue weighted by Gasteiger charge is -2.23. The fourth-order valence-electron chi connectivity index (χ4n) is 2.61. The number of hydrogen-bond donors (Lipinski definition) is 2. The minimum Gasteiger partial charge on any atom is -0.322 e. The molecule has 0 fully saturated rings. The highest BCUT2D eigenvalue weighted by Crippen LogP contribution is 2.27. The molecule has 1 amide bonds. The van der Waals surface area contributed by atoms with Gasteiger partial charge in [-0.05, 0) is 54.3 Å². The molecule has 0 aliphatic carbocycles. The average molecular weight is 451 g/mol. The Morgan fingerprint density at radius 2 is 1.85 bits per heavy atom. The maximum absolute atomic E-state index is 14.0. The molecular formula is C20H17BrF2N2OS. The summed E-state index contributed by atoms with van der Waals surface area (Å²) in [6, 6.07) is 13.6. The Balaban J connectivity index is 1.76. The van der Waals surface area contributed by atoms with Crippen LogP contribution in [0.4, 0.5) is 14.5 Å². The van der Waals surface area contributed by atoms with E-state index in [1.54, 1.807) is 25.1 Å². The summed E-state index contributed by atoms with van der Waals surface area (Å²) in [4.78, 5) is 13.5. The Bertz CT molecular complexity index is 916. The molecule has 3 rings (SSSR count). The molecule has 27 heavy (non-hydrogen) atoms. The number of benzene rings is 2. The van der Waals surface area contributed by atoms with Crippen molar-refractivity contribution in [2.75, 3.05) is 5.32 Å². The van der Waals surface area contributed by atoms with Gasteiger partial charge < -0.3 is 5.32 Å². The molecule has 0 radical (unpaired) electrons. The maximum atomic E-state index is 14.0. The molecule has 140 valence electrons. The summed E-state index contributed by atoms with van der Waals surface area (Å²) in [5.74, 6) is -1.20. The molecule has 0 saturated carbocycles. The molecule has 0 spiro atoms. The number of halogens is 3. The van der Waals surface area contributed by atoms with E-state index in [0.717, 1.165) is 10.4 Å². The third kappa shape index (κ3) is 5.00. The number of hydrogen-bond acceptors (Lipinski definition) is 3. The summed E-state index contributed by atoms with van der Waals surface area (Å²) in [5, 5.41) is 7.78. The van der Waals surface area contributed by atoms with Crippen molar-refractivity contribution < 1.29 is 13.6 Å². The maximum Gasteiger partial charge on any atom is 0.241 e. The first kappa shape index (κ1) is 19.7. The molecule has 3 aromatic rings. The molecule has 2 aromatic carbocycles. The fourth-order valence-corrected chi connectivity index (χ4v) is 3.76. The van der Waals surface area contributed by atoms with Crippen molar-refractivity contribution in [3.63, 3.8) is 0 Å². The highest BCUT2D eigenvalue weighted by molar-refractivity contribution is 9.10. The number of carbonyl (C=O) groups excluding carboxylic acids is 1. The zero-order valence-electron chi connectivity index (χ0n) is 14.4. The van der Waals surface area contributed by atoms with E-state index in [1.165, 1.54) is 35.6 Å². The molecule has 0 aliphatic rings. The van der Waals surface area contributed by atoms with Crippen molar-refractivity contribution in [3.05, 3.63) is 86.5 Å². The molecule has 1 aromatic heterocycles. The van der Waals surface area contributed by atoms with Crippen LogP contribution in [0, 0.1) is 11.6 Å². The number of anilines is 1. The van der Waals surface area contributed by atoms with Gasteiger partial charge in [0.2, 0.25) is 5.91 Å². The van der Waals surface area contributed by atoms with Crippen LogP contribution in [-0.2, 0) is 4.79 Å². The predicted octanol–water partition coefficient (Wildman–Crippen LogP) is 5.50. The topological polar surface area (TPSA) is 41.1 Å². The molecular weight excluding hydrogens is 434 g/mol. The lowest BCUT2D eigenvalue weighted by Crippen LogP contribution is -2.40. The summed E-state index contributed by atoms with van der Waals surface area (Å²) in [6.45, 7) is 1.70. The van der Waals surface area contributed by atoms with E-state index in [0.29, 0.717) is 4.47 Å². The van der Waals surface area contributed by atoms with Crippen molar-refractivity contribution in [2.24, 2.45) is 0 Å². The zero-order valence-corrected chi connectivity index (χ0v) is 16.8. The van der Waals surface area contributed by atoms with Gasteiger partial charge in [-0.2, -0.15) is 0 Å². The van der Waals surface area contributed by atoms with Crippen LogP contribution >= 0.6 is 27.3 Å². The predicted molar refractivity (Wildman–Crippen MR) is 108 cm³/mol. The quantitative estimate of drug-likeness (QED) is 0.520. The minimum absolute atomic E-state index is 0.117. The number of nitrogens with one attached hydrogen (secondary N) is 2. The van der Waals surface area contributed by atoms with E-state index in [4.69, 9.17) is 0 Å². The zero-order chi connectivity index (χ0) is 19.4. The highest BCUT2D eigenvalue weighted by Gasteiger charge is 2.22. The van der Waals surface area contributed by atoms with Gasteiger partial charge in [0.25, 0.3) is 0 Å². The highest BCUT2D eigenvalue weighted by atomic mass is 79.9. The lowest BCUT2D eigenvalue weighted by molar-refractivity contribution is -0.117. The second-order valence-electron chi connectivity index (χ2n) is 6.00. The van der Waals surface area contributed by atoms with Crippen molar-refractivity contribution in [1.82, 2.24) is 5.32 Å². The summed E-state index contributed by atoms with van der Waals surface area (Å²) < 4.78 is 27.8. The van der Waals surface area contributed by atoms with Crippen molar-refractivity contribution in [1.29, 1.82) is 0 Å². The average Bonchev–Trinajstić information content (AvgIpc) is 3.17. The van der Waals surface area contributed by atoms with Crippen LogP contribution in [0.3, 0.4) is 0 Å².